The van der Waals surface area contributed by atoms with Crippen LogP contribution in [0.2, 0.25) is 0 Å². The van der Waals surface area contributed by atoms with E-state index >= 15 is 0 Å². The fraction of sp³-hybridized carbons (Fsp3) is 0.480. The van der Waals surface area contributed by atoms with Crippen molar-refractivity contribution < 1.29 is 18.7 Å². The Balaban J connectivity index is 1.52. The van der Waals surface area contributed by atoms with Crippen LogP contribution in [0.4, 0.5) is 4.39 Å². The van der Waals surface area contributed by atoms with Crippen molar-refractivity contribution in [2.75, 3.05) is 33.9 Å². The van der Waals surface area contributed by atoms with Gasteiger partial charge in [0.2, 0.25) is 5.91 Å². The lowest BCUT2D eigenvalue weighted by Gasteiger charge is -2.37. The van der Waals surface area contributed by atoms with E-state index in [0.29, 0.717) is 19.0 Å². The van der Waals surface area contributed by atoms with Gasteiger partial charge in [-0.3, -0.25) is 9.69 Å². The fourth-order valence-corrected chi connectivity index (χ4v) is 4.41. The van der Waals surface area contributed by atoms with Gasteiger partial charge in [-0.25, -0.2) is 4.39 Å². The Labute approximate surface area is 183 Å². The minimum Gasteiger partial charge on any atom is -0.497 e. The molecule has 1 aliphatic carbocycles. The molecule has 6 heteroatoms. The van der Waals surface area contributed by atoms with Crippen LogP contribution in [0.15, 0.2) is 42.5 Å². The molecule has 2 unspecified atom stereocenters. The number of halogens is 1. The molecule has 2 aromatic carbocycles. The molecule has 1 saturated heterocycles. The Morgan fingerprint density at radius 1 is 1.06 bits per heavy atom. The molecular formula is C25H31FN2O3. The summed E-state index contributed by atoms with van der Waals surface area (Å²) in [6.07, 6.45) is 3.21. The number of hydrogen-bond donors (Lipinski definition) is 1. The lowest BCUT2D eigenvalue weighted by Crippen LogP contribution is -2.45. The summed E-state index contributed by atoms with van der Waals surface area (Å²) >= 11 is 0. The Bertz CT molecular complexity index is 876. The highest BCUT2D eigenvalue weighted by Gasteiger charge is 2.33. The van der Waals surface area contributed by atoms with Gasteiger partial charge in [-0.15, -0.1) is 0 Å². The van der Waals surface area contributed by atoms with Crippen molar-refractivity contribution in [1.82, 2.24) is 10.2 Å². The van der Waals surface area contributed by atoms with Gasteiger partial charge in [-0.1, -0.05) is 12.1 Å². The average molecular weight is 427 g/mol. The number of carbonyl (C=O) groups excluding carboxylic acids is 1. The zero-order valence-corrected chi connectivity index (χ0v) is 18.3. The third-order valence-electron chi connectivity index (χ3n) is 6.32. The molecule has 166 valence electrons. The first-order chi connectivity index (χ1) is 15.0. The lowest BCUT2D eigenvalue weighted by atomic mass is 9.83. The Kier molecular flexibility index (Phi) is 6.76. The van der Waals surface area contributed by atoms with Crippen molar-refractivity contribution in [2.45, 2.75) is 31.7 Å². The third-order valence-corrected chi connectivity index (χ3v) is 6.32. The van der Waals surface area contributed by atoms with Crippen molar-refractivity contribution in [3.8, 4) is 11.5 Å². The molecule has 1 heterocycles. The molecule has 5 nitrogen and oxygen atoms in total. The van der Waals surface area contributed by atoms with E-state index in [1.807, 2.05) is 30.3 Å². The van der Waals surface area contributed by atoms with Crippen molar-refractivity contribution in [1.29, 1.82) is 0 Å². The van der Waals surface area contributed by atoms with Crippen molar-refractivity contribution in [3.05, 3.63) is 59.4 Å². The Morgan fingerprint density at radius 2 is 1.74 bits per heavy atom. The highest BCUT2D eigenvalue weighted by atomic mass is 19.1. The number of hydrogen-bond acceptors (Lipinski definition) is 4. The fourth-order valence-electron chi connectivity index (χ4n) is 4.41. The first-order valence-corrected chi connectivity index (χ1v) is 11.0. The number of rotatable bonds is 8. The number of ether oxygens (including phenoxy) is 2. The molecule has 2 atom stereocenters. The molecule has 4 rings (SSSR count). The molecule has 1 amide bonds. The minimum absolute atomic E-state index is 0.0879. The molecule has 0 spiro atoms. The normalized spacial score (nSPS) is 21.5. The summed E-state index contributed by atoms with van der Waals surface area (Å²) < 4.78 is 24.3. The van der Waals surface area contributed by atoms with E-state index in [9.17, 15) is 9.18 Å². The molecule has 0 aromatic heterocycles. The number of benzene rings is 2. The van der Waals surface area contributed by atoms with Gasteiger partial charge in [0, 0.05) is 32.2 Å². The van der Waals surface area contributed by atoms with Gasteiger partial charge in [-0.2, -0.15) is 0 Å². The van der Waals surface area contributed by atoms with E-state index in [2.05, 4.69) is 10.2 Å². The zero-order valence-electron chi connectivity index (χ0n) is 18.3. The summed E-state index contributed by atoms with van der Waals surface area (Å²) in [6.45, 7) is 2.99. The second kappa shape index (κ2) is 9.69. The standard InChI is InChI=1S/C25H31FN2O3/c1-30-23-9-18(10-24(12-23)31-2)14-28-15-20(19-5-7-22(26)8-6-19)11-21(16-28)25(29)27-13-17-3-4-17/h5-10,12,17,20-21H,3-4,11,13-16H2,1-2H3,(H,27,29). The van der Waals surface area contributed by atoms with E-state index in [-0.39, 0.29) is 23.6 Å². The SMILES string of the molecule is COc1cc(CN2CC(C(=O)NCC3CC3)CC(c3ccc(F)cc3)C2)cc(OC)c1. The third kappa shape index (κ3) is 5.76. The van der Waals surface area contributed by atoms with Crippen molar-refractivity contribution in [2.24, 2.45) is 11.8 Å². The molecule has 1 saturated carbocycles. The number of likely N-dealkylation sites (tertiary alicyclic amines) is 1. The number of methoxy groups -OCH3 is 2. The number of amides is 1. The first-order valence-electron chi connectivity index (χ1n) is 11.0. The summed E-state index contributed by atoms with van der Waals surface area (Å²) in [6, 6.07) is 12.6. The summed E-state index contributed by atoms with van der Waals surface area (Å²) in [7, 11) is 3.29. The minimum atomic E-state index is -0.237. The summed E-state index contributed by atoms with van der Waals surface area (Å²) in [5.74, 6) is 2.14. The maximum atomic E-state index is 13.4. The smallest absolute Gasteiger partial charge is 0.224 e. The average Bonchev–Trinajstić information content (AvgIpc) is 3.62. The molecule has 0 radical (unpaired) electrons. The first kappa shape index (κ1) is 21.6. The van der Waals surface area contributed by atoms with Crippen LogP contribution in [0.1, 0.15) is 36.3 Å². The van der Waals surface area contributed by atoms with Crippen LogP contribution in [-0.4, -0.2) is 44.7 Å². The monoisotopic (exact) mass is 426 g/mol. The van der Waals surface area contributed by atoms with Crippen LogP contribution in [-0.2, 0) is 11.3 Å². The van der Waals surface area contributed by atoms with Gasteiger partial charge >= 0.3 is 0 Å². The van der Waals surface area contributed by atoms with E-state index < -0.39 is 0 Å². The topological polar surface area (TPSA) is 50.8 Å². The Morgan fingerprint density at radius 3 is 2.35 bits per heavy atom. The summed E-state index contributed by atoms with van der Waals surface area (Å²) in [4.78, 5) is 15.2. The summed E-state index contributed by atoms with van der Waals surface area (Å²) in [5, 5.41) is 3.15. The van der Waals surface area contributed by atoms with Gasteiger partial charge in [-0.05, 0) is 66.5 Å². The predicted molar refractivity (Wildman–Crippen MR) is 118 cm³/mol. The van der Waals surface area contributed by atoms with Crippen LogP contribution in [0.5, 0.6) is 11.5 Å². The maximum absolute atomic E-state index is 13.4. The van der Waals surface area contributed by atoms with Crippen LogP contribution in [0.25, 0.3) is 0 Å². The molecule has 1 aliphatic heterocycles. The number of piperidine rings is 1. The van der Waals surface area contributed by atoms with Crippen molar-refractivity contribution in [3.63, 3.8) is 0 Å². The number of nitrogens with zero attached hydrogens (tertiary/aromatic N) is 1. The van der Waals surface area contributed by atoms with Gasteiger partial charge in [0.1, 0.15) is 17.3 Å². The van der Waals surface area contributed by atoms with Crippen LogP contribution >= 0.6 is 0 Å². The van der Waals surface area contributed by atoms with Gasteiger partial charge in [0.25, 0.3) is 0 Å². The van der Waals surface area contributed by atoms with E-state index in [1.165, 1.54) is 25.0 Å². The lowest BCUT2D eigenvalue weighted by molar-refractivity contribution is -0.127. The van der Waals surface area contributed by atoms with Crippen LogP contribution in [0, 0.1) is 17.7 Å². The maximum Gasteiger partial charge on any atom is 0.224 e. The van der Waals surface area contributed by atoms with Gasteiger partial charge in [0.05, 0.1) is 20.1 Å². The van der Waals surface area contributed by atoms with Crippen LogP contribution in [0.3, 0.4) is 0 Å². The number of nitrogens with one attached hydrogen (secondary N) is 1. The summed E-state index contributed by atoms with van der Waals surface area (Å²) in [5.41, 5.74) is 2.16. The molecule has 0 bridgehead atoms. The Hall–Kier alpha value is -2.60. The van der Waals surface area contributed by atoms with E-state index in [1.54, 1.807) is 14.2 Å². The molecular weight excluding hydrogens is 395 g/mol. The van der Waals surface area contributed by atoms with Gasteiger partial charge < -0.3 is 14.8 Å². The van der Waals surface area contributed by atoms with Gasteiger partial charge in [0.15, 0.2) is 0 Å². The van der Waals surface area contributed by atoms with E-state index in [4.69, 9.17) is 9.47 Å². The van der Waals surface area contributed by atoms with Crippen LogP contribution < -0.4 is 14.8 Å². The molecule has 31 heavy (non-hydrogen) atoms. The highest BCUT2D eigenvalue weighted by Crippen LogP contribution is 2.33. The second-order valence-corrected chi connectivity index (χ2v) is 8.78. The number of carbonyl (C=O) groups is 1. The second-order valence-electron chi connectivity index (χ2n) is 8.78. The van der Waals surface area contributed by atoms with Crippen molar-refractivity contribution >= 4 is 5.91 Å². The largest absolute Gasteiger partial charge is 0.497 e. The molecule has 1 N–H and O–H groups in total. The zero-order chi connectivity index (χ0) is 21.8. The van der Waals surface area contributed by atoms with E-state index in [0.717, 1.165) is 42.1 Å². The molecule has 2 aromatic rings. The quantitative estimate of drug-likeness (QED) is 0.694. The molecule has 2 aliphatic rings. The molecule has 2 fully saturated rings. The predicted octanol–water partition coefficient (Wildman–Crippen LogP) is 3.97. The highest BCUT2D eigenvalue weighted by molar-refractivity contribution is 5.79.